The van der Waals surface area contributed by atoms with E-state index >= 15 is 0 Å². The number of nitrogens with two attached hydrogens (primary N) is 1. The van der Waals surface area contributed by atoms with Crippen LogP contribution in [0.25, 0.3) is 0 Å². The average molecular weight is 200 g/mol. The molecule has 0 saturated carbocycles. The number of piperidine rings is 1. The van der Waals surface area contributed by atoms with Gasteiger partial charge >= 0.3 is 5.97 Å². The molecule has 1 saturated heterocycles. The maximum absolute atomic E-state index is 11.0. The van der Waals surface area contributed by atoms with E-state index in [1.165, 1.54) is 0 Å². The SMILES string of the molecule is CCC(C(=O)O)N1CCC(N)CC1C. The van der Waals surface area contributed by atoms with E-state index in [0.29, 0.717) is 12.5 Å². The first-order chi connectivity index (χ1) is 6.56. The summed E-state index contributed by atoms with van der Waals surface area (Å²) in [7, 11) is 0. The third kappa shape index (κ3) is 2.45. The van der Waals surface area contributed by atoms with Crippen molar-refractivity contribution in [2.24, 2.45) is 5.73 Å². The zero-order valence-corrected chi connectivity index (χ0v) is 8.94. The number of carboxylic acids is 1. The molecule has 1 aliphatic rings. The monoisotopic (exact) mass is 200 g/mol. The molecule has 0 aromatic heterocycles. The van der Waals surface area contributed by atoms with Crippen LogP contribution in [-0.4, -0.2) is 40.6 Å². The van der Waals surface area contributed by atoms with Gasteiger partial charge in [-0.2, -0.15) is 0 Å². The molecule has 4 heteroatoms. The third-order valence-electron chi connectivity index (χ3n) is 3.04. The van der Waals surface area contributed by atoms with Crippen molar-refractivity contribution >= 4 is 5.97 Å². The fourth-order valence-electron chi connectivity index (χ4n) is 2.24. The van der Waals surface area contributed by atoms with Gasteiger partial charge in [0, 0.05) is 18.6 Å². The first-order valence-electron chi connectivity index (χ1n) is 5.30. The van der Waals surface area contributed by atoms with Crippen LogP contribution in [0.2, 0.25) is 0 Å². The van der Waals surface area contributed by atoms with Crippen LogP contribution in [0.1, 0.15) is 33.1 Å². The lowest BCUT2D eigenvalue weighted by molar-refractivity contribution is -0.145. The number of rotatable bonds is 3. The predicted octanol–water partition coefficient (Wildman–Crippen LogP) is 0.661. The Bertz CT molecular complexity index is 208. The molecule has 1 heterocycles. The number of carboxylic acid groups (broad SMARTS) is 1. The van der Waals surface area contributed by atoms with E-state index in [1.807, 2.05) is 6.92 Å². The zero-order chi connectivity index (χ0) is 10.7. The summed E-state index contributed by atoms with van der Waals surface area (Å²) in [6.07, 6.45) is 2.48. The maximum atomic E-state index is 11.0. The molecule has 0 radical (unpaired) electrons. The molecule has 3 atom stereocenters. The number of carbonyl (C=O) groups is 1. The molecule has 1 fully saturated rings. The van der Waals surface area contributed by atoms with Crippen LogP contribution in [-0.2, 0) is 4.79 Å². The van der Waals surface area contributed by atoms with Crippen molar-refractivity contribution in [1.29, 1.82) is 0 Å². The smallest absolute Gasteiger partial charge is 0.320 e. The topological polar surface area (TPSA) is 66.6 Å². The highest BCUT2D eigenvalue weighted by molar-refractivity contribution is 5.73. The summed E-state index contributed by atoms with van der Waals surface area (Å²) >= 11 is 0. The Balaban J connectivity index is 2.62. The quantitative estimate of drug-likeness (QED) is 0.702. The van der Waals surface area contributed by atoms with Crippen molar-refractivity contribution in [2.75, 3.05) is 6.54 Å². The number of nitrogens with zero attached hydrogens (tertiary/aromatic N) is 1. The summed E-state index contributed by atoms with van der Waals surface area (Å²) in [5, 5.41) is 9.04. The van der Waals surface area contributed by atoms with E-state index < -0.39 is 5.97 Å². The van der Waals surface area contributed by atoms with E-state index in [2.05, 4.69) is 11.8 Å². The highest BCUT2D eigenvalue weighted by Crippen LogP contribution is 2.20. The molecule has 3 unspecified atom stereocenters. The summed E-state index contributed by atoms with van der Waals surface area (Å²) in [5.74, 6) is -0.713. The van der Waals surface area contributed by atoms with Gasteiger partial charge in [-0.1, -0.05) is 6.92 Å². The van der Waals surface area contributed by atoms with E-state index in [1.54, 1.807) is 0 Å². The summed E-state index contributed by atoms with van der Waals surface area (Å²) in [6, 6.07) is 0.199. The number of hydrogen-bond donors (Lipinski definition) is 2. The Kier molecular flexibility index (Phi) is 3.89. The molecule has 14 heavy (non-hydrogen) atoms. The predicted molar refractivity (Wildman–Crippen MR) is 55.1 cm³/mol. The lowest BCUT2D eigenvalue weighted by Gasteiger charge is -2.39. The Hall–Kier alpha value is -0.610. The molecule has 0 aromatic rings. The standard InChI is InChI=1S/C10H20N2O2/c1-3-9(10(13)14)12-5-4-8(11)6-7(12)2/h7-9H,3-6,11H2,1-2H3,(H,13,14). The van der Waals surface area contributed by atoms with Gasteiger partial charge in [0.25, 0.3) is 0 Å². The fourth-order valence-corrected chi connectivity index (χ4v) is 2.24. The number of aliphatic carboxylic acids is 1. The molecular weight excluding hydrogens is 180 g/mol. The van der Waals surface area contributed by atoms with Crippen molar-refractivity contribution in [1.82, 2.24) is 4.90 Å². The number of hydrogen-bond acceptors (Lipinski definition) is 3. The van der Waals surface area contributed by atoms with Gasteiger partial charge in [-0.15, -0.1) is 0 Å². The molecule has 4 nitrogen and oxygen atoms in total. The Morgan fingerprint density at radius 2 is 2.36 bits per heavy atom. The van der Waals surface area contributed by atoms with Crippen LogP contribution in [0.15, 0.2) is 0 Å². The van der Waals surface area contributed by atoms with Crippen LogP contribution >= 0.6 is 0 Å². The lowest BCUT2D eigenvalue weighted by atomic mass is 9.96. The van der Waals surface area contributed by atoms with E-state index in [0.717, 1.165) is 19.4 Å². The van der Waals surface area contributed by atoms with Crippen LogP contribution in [0.5, 0.6) is 0 Å². The Morgan fingerprint density at radius 1 is 1.71 bits per heavy atom. The minimum atomic E-state index is -0.713. The molecular formula is C10H20N2O2. The van der Waals surface area contributed by atoms with Crippen LogP contribution < -0.4 is 5.73 Å². The fraction of sp³-hybridized carbons (Fsp3) is 0.900. The second-order valence-electron chi connectivity index (χ2n) is 4.13. The lowest BCUT2D eigenvalue weighted by Crippen LogP contribution is -2.52. The summed E-state index contributed by atoms with van der Waals surface area (Å²) in [6.45, 7) is 4.79. The minimum absolute atomic E-state index is 0.243. The minimum Gasteiger partial charge on any atom is -0.480 e. The zero-order valence-electron chi connectivity index (χ0n) is 8.94. The molecule has 82 valence electrons. The van der Waals surface area contributed by atoms with Gasteiger partial charge < -0.3 is 10.8 Å². The molecule has 0 amide bonds. The number of likely N-dealkylation sites (tertiary alicyclic amines) is 1. The van der Waals surface area contributed by atoms with Crippen molar-refractivity contribution in [3.8, 4) is 0 Å². The van der Waals surface area contributed by atoms with Gasteiger partial charge in [0.1, 0.15) is 6.04 Å². The van der Waals surface area contributed by atoms with Crippen LogP contribution in [0.3, 0.4) is 0 Å². The highest BCUT2D eigenvalue weighted by Gasteiger charge is 2.31. The molecule has 0 aromatic carbocycles. The van der Waals surface area contributed by atoms with Gasteiger partial charge in [-0.3, -0.25) is 9.69 Å². The first-order valence-corrected chi connectivity index (χ1v) is 5.30. The average Bonchev–Trinajstić information content (AvgIpc) is 2.09. The van der Waals surface area contributed by atoms with Gasteiger partial charge in [-0.05, 0) is 26.2 Å². The van der Waals surface area contributed by atoms with Crippen molar-refractivity contribution in [3.63, 3.8) is 0 Å². The van der Waals surface area contributed by atoms with Crippen molar-refractivity contribution < 1.29 is 9.90 Å². The van der Waals surface area contributed by atoms with E-state index in [9.17, 15) is 4.79 Å². The van der Waals surface area contributed by atoms with Gasteiger partial charge in [0.2, 0.25) is 0 Å². The normalized spacial score (nSPS) is 31.4. The van der Waals surface area contributed by atoms with Crippen molar-refractivity contribution in [2.45, 2.75) is 51.2 Å². The first kappa shape index (κ1) is 11.5. The second kappa shape index (κ2) is 4.75. The Labute approximate surface area is 85.1 Å². The van der Waals surface area contributed by atoms with E-state index in [-0.39, 0.29) is 12.1 Å². The van der Waals surface area contributed by atoms with Gasteiger partial charge in [0.05, 0.1) is 0 Å². The Morgan fingerprint density at radius 3 is 2.79 bits per heavy atom. The largest absolute Gasteiger partial charge is 0.480 e. The molecule has 0 spiro atoms. The van der Waals surface area contributed by atoms with Gasteiger partial charge in [0.15, 0.2) is 0 Å². The third-order valence-corrected chi connectivity index (χ3v) is 3.04. The van der Waals surface area contributed by atoms with Gasteiger partial charge in [-0.25, -0.2) is 0 Å². The molecule has 1 rings (SSSR count). The van der Waals surface area contributed by atoms with Crippen LogP contribution in [0.4, 0.5) is 0 Å². The molecule has 0 aliphatic carbocycles. The highest BCUT2D eigenvalue weighted by atomic mass is 16.4. The summed E-state index contributed by atoms with van der Waals surface area (Å²) in [4.78, 5) is 13.0. The molecule has 1 aliphatic heterocycles. The van der Waals surface area contributed by atoms with E-state index in [4.69, 9.17) is 10.8 Å². The van der Waals surface area contributed by atoms with Crippen LogP contribution in [0, 0.1) is 0 Å². The summed E-state index contributed by atoms with van der Waals surface area (Å²) in [5.41, 5.74) is 5.83. The maximum Gasteiger partial charge on any atom is 0.320 e. The van der Waals surface area contributed by atoms with Crippen molar-refractivity contribution in [3.05, 3.63) is 0 Å². The second-order valence-corrected chi connectivity index (χ2v) is 4.13. The molecule has 3 N–H and O–H groups in total. The molecule has 0 bridgehead atoms. The summed E-state index contributed by atoms with van der Waals surface area (Å²) < 4.78 is 0.